The molecule has 0 heterocycles. The van der Waals surface area contributed by atoms with Gasteiger partial charge in [0.1, 0.15) is 0 Å². The first-order valence-corrected chi connectivity index (χ1v) is 16.4. The van der Waals surface area contributed by atoms with Crippen LogP contribution < -0.4 is 9.47 Å². The zero-order valence-corrected chi connectivity index (χ0v) is 29.7. The van der Waals surface area contributed by atoms with Gasteiger partial charge in [0, 0.05) is 8.95 Å². The lowest BCUT2D eigenvalue weighted by Crippen LogP contribution is -2.34. The molecule has 0 bridgehead atoms. The van der Waals surface area contributed by atoms with Crippen molar-refractivity contribution in [3.05, 3.63) is 86.0 Å². The van der Waals surface area contributed by atoms with Gasteiger partial charge in [0.25, 0.3) is 0 Å². The number of ether oxygens (including phenoxy) is 3. The quantitative estimate of drug-likeness (QED) is 0.125. The first-order chi connectivity index (χ1) is 18.9. The van der Waals surface area contributed by atoms with Crippen molar-refractivity contribution in [1.29, 1.82) is 0 Å². The van der Waals surface area contributed by atoms with Gasteiger partial charge in [0.15, 0.2) is 28.2 Å². The van der Waals surface area contributed by atoms with E-state index < -0.39 is 56.6 Å². The standard InChI is InChI=1S/C23H10Br6F2O9S/c24-12-4-14(26)18(15(27)5-12)39-21(33)10-1-9(20(32)38-8-23(30,31)41(35,36)37)2-11(3-10)22(34)40-19-16(28)6-13(25)7-17(19)29/h1-7H,8H2,(H,35,36,37)/p-1. The van der Waals surface area contributed by atoms with E-state index in [1.165, 1.54) is 0 Å². The predicted molar refractivity (Wildman–Crippen MR) is 160 cm³/mol. The van der Waals surface area contributed by atoms with E-state index in [0.29, 0.717) is 26.8 Å². The summed E-state index contributed by atoms with van der Waals surface area (Å²) in [6.45, 7) is -2.11. The SMILES string of the molecule is O=C(OCC(F)(F)S(=O)(=O)[O-])c1cc(C(=O)Oc2c(Br)cc(Br)cc2Br)cc(C(=O)Oc2c(Br)cc(Br)cc2Br)c1. The number of halogens is 8. The van der Waals surface area contributed by atoms with Crippen molar-refractivity contribution in [3.63, 3.8) is 0 Å². The van der Waals surface area contributed by atoms with Gasteiger partial charge in [0.05, 0.1) is 34.6 Å². The fraction of sp³-hybridized carbons (Fsp3) is 0.0870. The molecule has 0 aromatic heterocycles. The van der Waals surface area contributed by atoms with Crippen LogP contribution in [0.25, 0.3) is 0 Å². The van der Waals surface area contributed by atoms with Gasteiger partial charge in [-0.15, -0.1) is 0 Å². The lowest BCUT2D eigenvalue weighted by Gasteiger charge is -2.19. The highest BCUT2D eigenvalue weighted by molar-refractivity contribution is 9.12. The zero-order chi connectivity index (χ0) is 30.9. The summed E-state index contributed by atoms with van der Waals surface area (Å²) in [5.41, 5.74) is -1.45. The molecule has 0 aliphatic heterocycles. The summed E-state index contributed by atoms with van der Waals surface area (Å²) >= 11 is 19.5. The largest absolute Gasteiger partial charge is 0.743 e. The molecule has 0 aliphatic carbocycles. The first-order valence-electron chi connectivity index (χ1n) is 10.3. The fourth-order valence-corrected chi connectivity index (χ4v) is 7.89. The smallest absolute Gasteiger partial charge is 0.367 e. The van der Waals surface area contributed by atoms with Crippen molar-refractivity contribution < 1.29 is 50.3 Å². The van der Waals surface area contributed by atoms with Crippen LogP contribution in [0.4, 0.5) is 8.78 Å². The van der Waals surface area contributed by atoms with E-state index in [9.17, 15) is 36.1 Å². The Balaban J connectivity index is 2.02. The van der Waals surface area contributed by atoms with Gasteiger partial charge in [-0.3, -0.25) is 0 Å². The predicted octanol–water partition coefficient (Wildman–Crippen LogP) is 7.99. The Hall–Kier alpha value is -1.28. The molecule has 3 rings (SSSR count). The number of benzene rings is 3. The third-order valence-corrected chi connectivity index (χ3v) is 8.81. The molecule has 218 valence electrons. The van der Waals surface area contributed by atoms with Gasteiger partial charge in [-0.05, 0) is 106 Å². The Morgan fingerprint density at radius 3 is 1.29 bits per heavy atom. The second kappa shape index (κ2) is 13.6. The second-order valence-corrected chi connectivity index (χ2v) is 14.4. The Morgan fingerprint density at radius 2 is 0.976 bits per heavy atom. The maximum atomic E-state index is 13.6. The van der Waals surface area contributed by atoms with Crippen LogP contribution in [0.15, 0.2) is 69.3 Å². The van der Waals surface area contributed by atoms with E-state index in [1.54, 1.807) is 24.3 Å². The molecule has 0 saturated carbocycles. The molecule has 9 nitrogen and oxygen atoms in total. The lowest BCUT2D eigenvalue weighted by molar-refractivity contribution is -0.00997. The fourth-order valence-electron chi connectivity index (χ4n) is 2.84. The Bertz CT molecular complexity index is 1550. The number of esters is 3. The van der Waals surface area contributed by atoms with Crippen molar-refractivity contribution >= 4 is 124 Å². The molecular weight excluding hydrogens is 970 g/mol. The summed E-state index contributed by atoms with van der Waals surface area (Å²) < 4.78 is 77.1. The molecule has 0 N–H and O–H groups in total. The normalized spacial score (nSPS) is 11.6. The molecule has 0 spiro atoms. The number of carbonyl (C=O) groups is 3. The lowest BCUT2D eigenvalue weighted by atomic mass is 10.1. The Morgan fingerprint density at radius 1 is 0.659 bits per heavy atom. The minimum Gasteiger partial charge on any atom is -0.743 e. The number of alkyl halides is 2. The minimum absolute atomic E-state index is 0.0262. The molecule has 18 heteroatoms. The van der Waals surface area contributed by atoms with Crippen LogP contribution in [0.2, 0.25) is 0 Å². The molecule has 0 fully saturated rings. The van der Waals surface area contributed by atoms with Gasteiger partial charge in [-0.25, -0.2) is 22.8 Å². The van der Waals surface area contributed by atoms with E-state index in [-0.39, 0.29) is 11.5 Å². The second-order valence-electron chi connectivity index (χ2n) is 7.64. The van der Waals surface area contributed by atoms with Crippen molar-refractivity contribution in [2.45, 2.75) is 5.25 Å². The van der Waals surface area contributed by atoms with Gasteiger partial charge in [-0.2, -0.15) is 8.78 Å². The highest BCUT2D eigenvalue weighted by Crippen LogP contribution is 2.38. The summed E-state index contributed by atoms with van der Waals surface area (Å²) in [7, 11) is -6.15. The van der Waals surface area contributed by atoms with Gasteiger partial charge in [0.2, 0.25) is 0 Å². The highest BCUT2D eigenvalue weighted by Gasteiger charge is 2.39. The van der Waals surface area contributed by atoms with E-state index in [4.69, 9.17) is 9.47 Å². The summed E-state index contributed by atoms with van der Waals surface area (Å²) in [5, 5.41) is -4.93. The van der Waals surface area contributed by atoms with Crippen LogP contribution >= 0.6 is 95.6 Å². The zero-order valence-electron chi connectivity index (χ0n) is 19.4. The molecule has 0 aliphatic rings. The monoisotopic (exact) mass is 973 g/mol. The topological polar surface area (TPSA) is 136 Å². The number of carbonyl (C=O) groups excluding carboxylic acids is 3. The van der Waals surface area contributed by atoms with Crippen LogP contribution in [0.5, 0.6) is 11.5 Å². The molecule has 41 heavy (non-hydrogen) atoms. The van der Waals surface area contributed by atoms with Crippen molar-refractivity contribution in [2.24, 2.45) is 0 Å². The van der Waals surface area contributed by atoms with E-state index in [1.807, 2.05) is 0 Å². The molecule has 3 aromatic rings. The summed E-state index contributed by atoms with van der Waals surface area (Å²) in [5.74, 6) is -3.70. The maximum absolute atomic E-state index is 13.6. The van der Waals surface area contributed by atoms with Gasteiger partial charge in [-0.1, -0.05) is 31.9 Å². The van der Waals surface area contributed by atoms with Gasteiger partial charge < -0.3 is 18.8 Å². The molecule has 0 amide bonds. The van der Waals surface area contributed by atoms with Crippen LogP contribution in [-0.2, 0) is 14.9 Å². The molecular formula is C23H9Br6F2O9S-. The average Bonchev–Trinajstić information content (AvgIpc) is 2.85. The van der Waals surface area contributed by atoms with E-state index >= 15 is 0 Å². The van der Waals surface area contributed by atoms with Crippen LogP contribution in [0, 0.1) is 0 Å². The van der Waals surface area contributed by atoms with Crippen LogP contribution in [0.1, 0.15) is 31.1 Å². The Labute approximate surface area is 280 Å². The van der Waals surface area contributed by atoms with Crippen LogP contribution in [-0.4, -0.2) is 42.7 Å². The van der Waals surface area contributed by atoms with Crippen molar-refractivity contribution in [3.8, 4) is 11.5 Å². The summed E-state index contributed by atoms with van der Waals surface area (Å²) in [6, 6.07) is 9.02. The highest BCUT2D eigenvalue weighted by atomic mass is 79.9. The summed E-state index contributed by atoms with van der Waals surface area (Å²) in [4.78, 5) is 38.7. The van der Waals surface area contributed by atoms with E-state index in [0.717, 1.165) is 18.2 Å². The molecule has 0 atom stereocenters. The molecule has 0 unspecified atom stereocenters. The third kappa shape index (κ3) is 8.64. The van der Waals surface area contributed by atoms with Crippen molar-refractivity contribution in [1.82, 2.24) is 0 Å². The number of hydrogen-bond donors (Lipinski definition) is 0. The Kier molecular flexibility index (Phi) is 11.3. The van der Waals surface area contributed by atoms with E-state index in [2.05, 4.69) is 100 Å². The molecule has 3 aromatic carbocycles. The van der Waals surface area contributed by atoms with Crippen molar-refractivity contribution in [2.75, 3.05) is 6.61 Å². The number of hydrogen-bond acceptors (Lipinski definition) is 9. The average molecular weight is 979 g/mol. The minimum atomic E-state index is -6.15. The first kappa shape index (κ1) is 34.2. The summed E-state index contributed by atoms with van der Waals surface area (Å²) in [6.07, 6.45) is 0. The maximum Gasteiger partial charge on any atom is 0.367 e. The number of rotatable bonds is 8. The third-order valence-electron chi connectivity index (χ3n) is 4.69. The van der Waals surface area contributed by atoms with Gasteiger partial charge >= 0.3 is 23.2 Å². The van der Waals surface area contributed by atoms with Crippen LogP contribution in [0.3, 0.4) is 0 Å². The molecule has 0 saturated heterocycles. The molecule has 0 radical (unpaired) electrons.